The zero-order valence-electron chi connectivity index (χ0n) is 15.8. The number of imidazole rings is 1. The second-order valence-corrected chi connectivity index (χ2v) is 6.60. The molecule has 0 aliphatic carbocycles. The number of rotatable bonds is 13. The highest BCUT2D eigenvalue weighted by molar-refractivity contribution is 7.80. The molecule has 0 bridgehead atoms. The fourth-order valence-corrected chi connectivity index (χ4v) is 2.52. The average molecular weight is 444 g/mol. The molecule has 1 heterocycles. The molecule has 0 aliphatic heterocycles. The number of nitrogens with two attached hydrogens (primary N) is 1. The van der Waals surface area contributed by atoms with Crippen LogP contribution in [-0.2, 0) is 30.4 Å². The first-order chi connectivity index (χ1) is 14.1. The van der Waals surface area contributed by atoms with Gasteiger partial charge in [-0.1, -0.05) is 0 Å². The number of aliphatic carboxylic acids is 2. The van der Waals surface area contributed by atoms with E-state index in [-0.39, 0.29) is 18.6 Å². The van der Waals surface area contributed by atoms with E-state index in [9.17, 15) is 24.0 Å². The van der Waals surface area contributed by atoms with Gasteiger partial charge < -0.3 is 36.9 Å². The molecular weight excluding hydrogens is 420 g/mol. The zero-order valence-corrected chi connectivity index (χ0v) is 16.7. The number of aromatic nitrogens is 2. The Kier molecular flexibility index (Phi) is 10.3. The highest BCUT2D eigenvalue weighted by Crippen LogP contribution is 2.00. The minimum absolute atomic E-state index is 0.157. The van der Waals surface area contributed by atoms with E-state index in [2.05, 4.69) is 38.5 Å². The van der Waals surface area contributed by atoms with E-state index in [1.165, 1.54) is 12.5 Å². The van der Waals surface area contributed by atoms with Crippen LogP contribution in [-0.4, -0.2) is 80.3 Å². The van der Waals surface area contributed by atoms with Crippen molar-refractivity contribution in [1.29, 1.82) is 0 Å². The van der Waals surface area contributed by atoms with Crippen molar-refractivity contribution < 1.29 is 34.2 Å². The maximum atomic E-state index is 12.2. The minimum Gasteiger partial charge on any atom is -0.481 e. The van der Waals surface area contributed by atoms with Gasteiger partial charge in [0.2, 0.25) is 17.7 Å². The lowest BCUT2D eigenvalue weighted by Crippen LogP contribution is -2.54. The van der Waals surface area contributed by atoms with Crippen molar-refractivity contribution in [3.8, 4) is 0 Å². The molecule has 0 aromatic carbocycles. The number of aromatic amines is 1. The zero-order chi connectivity index (χ0) is 22.7. The lowest BCUT2D eigenvalue weighted by atomic mass is 10.1. The summed E-state index contributed by atoms with van der Waals surface area (Å²) >= 11 is 3.95. The molecule has 1 rings (SSSR count). The highest BCUT2D eigenvalue weighted by atomic mass is 32.1. The first-order valence-corrected chi connectivity index (χ1v) is 9.43. The van der Waals surface area contributed by atoms with Crippen LogP contribution in [0.5, 0.6) is 0 Å². The maximum Gasteiger partial charge on any atom is 0.326 e. The Hall–Kier alpha value is -3.13. The normalized spacial score (nSPS) is 13.5. The van der Waals surface area contributed by atoms with Crippen LogP contribution in [0.1, 0.15) is 18.5 Å². The number of hydrogen-bond acceptors (Lipinski definition) is 8. The number of hydrogen-bond donors (Lipinski definition) is 8. The maximum absolute atomic E-state index is 12.2. The summed E-state index contributed by atoms with van der Waals surface area (Å²) < 4.78 is 0. The van der Waals surface area contributed by atoms with Crippen LogP contribution in [0, 0.1) is 0 Å². The van der Waals surface area contributed by atoms with Crippen LogP contribution in [0.15, 0.2) is 12.5 Å². The molecule has 0 spiro atoms. The highest BCUT2D eigenvalue weighted by Gasteiger charge is 2.26. The smallest absolute Gasteiger partial charge is 0.326 e. The summed E-state index contributed by atoms with van der Waals surface area (Å²) in [5.41, 5.74) is 6.38. The Bertz CT molecular complexity index is 757. The summed E-state index contributed by atoms with van der Waals surface area (Å²) in [6.07, 6.45) is 2.35. The van der Waals surface area contributed by atoms with Crippen molar-refractivity contribution in [2.24, 2.45) is 5.73 Å². The van der Waals surface area contributed by atoms with Crippen LogP contribution in [0.4, 0.5) is 0 Å². The van der Waals surface area contributed by atoms with Crippen molar-refractivity contribution in [2.45, 2.75) is 37.4 Å². The Labute approximate surface area is 176 Å². The van der Waals surface area contributed by atoms with Gasteiger partial charge in [0.15, 0.2) is 0 Å². The van der Waals surface area contributed by atoms with E-state index >= 15 is 0 Å². The standard InChI is InChI=1S/C16H24N6O7S/c17-9(3-8-4-18-7-20-8)14(26)19-5-12(23)21-11(6-30)15(27)22-10(16(28)29)1-2-13(24)25/h4,7,9-11,30H,1-3,5-6,17H2,(H,18,20)(H,19,26)(H,21,23)(H,22,27)(H,24,25)(H,28,29). The lowest BCUT2D eigenvalue weighted by molar-refractivity contribution is -0.143. The van der Waals surface area contributed by atoms with Gasteiger partial charge in [-0.2, -0.15) is 12.6 Å². The predicted octanol–water partition coefficient (Wildman–Crippen LogP) is -2.76. The molecule has 3 unspecified atom stereocenters. The van der Waals surface area contributed by atoms with E-state index in [0.717, 1.165) is 0 Å². The van der Waals surface area contributed by atoms with Gasteiger partial charge in [-0.3, -0.25) is 19.2 Å². The number of carbonyl (C=O) groups is 5. The molecule has 0 saturated carbocycles. The Morgan fingerprint density at radius 2 is 1.83 bits per heavy atom. The molecule has 0 fully saturated rings. The lowest BCUT2D eigenvalue weighted by Gasteiger charge is -2.20. The summed E-state index contributed by atoms with van der Waals surface area (Å²) in [6, 6.07) is -3.55. The van der Waals surface area contributed by atoms with E-state index in [4.69, 9.17) is 15.9 Å². The fourth-order valence-electron chi connectivity index (χ4n) is 2.26. The van der Waals surface area contributed by atoms with E-state index in [1.807, 2.05) is 0 Å². The molecule has 0 saturated heterocycles. The van der Waals surface area contributed by atoms with Crippen molar-refractivity contribution in [1.82, 2.24) is 25.9 Å². The third-order valence-electron chi connectivity index (χ3n) is 3.85. The van der Waals surface area contributed by atoms with Gasteiger partial charge in [-0.25, -0.2) is 9.78 Å². The molecule has 14 heteroatoms. The topological polar surface area (TPSA) is 217 Å². The first kappa shape index (κ1) is 24.9. The summed E-state index contributed by atoms with van der Waals surface area (Å²) in [6.45, 7) is -0.464. The summed E-state index contributed by atoms with van der Waals surface area (Å²) in [5, 5.41) is 24.5. The summed E-state index contributed by atoms with van der Waals surface area (Å²) in [5.74, 6) is -4.94. The molecule has 8 N–H and O–H groups in total. The second kappa shape index (κ2) is 12.4. The Balaban J connectivity index is 2.49. The van der Waals surface area contributed by atoms with Crippen LogP contribution >= 0.6 is 12.6 Å². The summed E-state index contributed by atoms with van der Waals surface area (Å²) in [4.78, 5) is 64.5. The van der Waals surface area contributed by atoms with Gasteiger partial charge in [0.05, 0.1) is 18.9 Å². The number of amides is 3. The fraction of sp³-hybridized carbons (Fsp3) is 0.500. The average Bonchev–Trinajstić information content (AvgIpc) is 3.19. The number of H-pyrrole nitrogens is 1. The van der Waals surface area contributed by atoms with Crippen molar-refractivity contribution in [2.75, 3.05) is 12.3 Å². The molecule has 3 amide bonds. The SMILES string of the molecule is NC(Cc1cnc[nH]1)C(=O)NCC(=O)NC(CS)C(=O)NC(CCC(=O)O)C(=O)O. The molecular formula is C16H24N6O7S. The third-order valence-corrected chi connectivity index (χ3v) is 4.22. The molecule has 1 aromatic rings. The van der Waals surface area contributed by atoms with Crippen LogP contribution in [0.2, 0.25) is 0 Å². The van der Waals surface area contributed by atoms with E-state index in [0.29, 0.717) is 5.69 Å². The molecule has 1 aromatic heterocycles. The van der Waals surface area contributed by atoms with Gasteiger partial charge in [-0.05, 0) is 6.42 Å². The molecule has 166 valence electrons. The number of nitrogens with one attached hydrogen (secondary N) is 4. The number of thiol groups is 1. The monoisotopic (exact) mass is 444 g/mol. The van der Waals surface area contributed by atoms with Crippen molar-refractivity contribution >= 4 is 42.3 Å². The molecule has 0 aliphatic rings. The van der Waals surface area contributed by atoms with Gasteiger partial charge >= 0.3 is 11.9 Å². The third kappa shape index (κ3) is 8.91. The largest absolute Gasteiger partial charge is 0.481 e. The first-order valence-electron chi connectivity index (χ1n) is 8.79. The minimum atomic E-state index is -1.44. The molecule has 3 atom stereocenters. The molecule has 13 nitrogen and oxygen atoms in total. The quantitative estimate of drug-likeness (QED) is 0.148. The van der Waals surface area contributed by atoms with Gasteiger partial charge in [0.1, 0.15) is 12.1 Å². The van der Waals surface area contributed by atoms with Crippen molar-refractivity contribution in [3.05, 3.63) is 18.2 Å². The van der Waals surface area contributed by atoms with Crippen molar-refractivity contribution in [3.63, 3.8) is 0 Å². The van der Waals surface area contributed by atoms with Gasteiger partial charge in [0.25, 0.3) is 0 Å². The summed E-state index contributed by atoms with van der Waals surface area (Å²) in [7, 11) is 0. The van der Waals surface area contributed by atoms with E-state index in [1.54, 1.807) is 0 Å². The number of carboxylic acid groups (broad SMARTS) is 2. The molecule has 0 radical (unpaired) electrons. The second-order valence-electron chi connectivity index (χ2n) is 6.24. The van der Waals surface area contributed by atoms with Crippen LogP contribution in [0.3, 0.4) is 0 Å². The Morgan fingerprint density at radius 3 is 2.37 bits per heavy atom. The van der Waals surface area contributed by atoms with Gasteiger partial charge in [-0.15, -0.1) is 0 Å². The Morgan fingerprint density at radius 1 is 1.13 bits per heavy atom. The van der Waals surface area contributed by atoms with Crippen LogP contribution < -0.4 is 21.7 Å². The molecule has 30 heavy (non-hydrogen) atoms. The van der Waals surface area contributed by atoms with Crippen LogP contribution in [0.25, 0.3) is 0 Å². The number of carboxylic acids is 2. The number of nitrogens with zero attached hydrogens (tertiary/aromatic N) is 1. The predicted molar refractivity (Wildman–Crippen MR) is 105 cm³/mol. The van der Waals surface area contributed by atoms with Gasteiger partial charge in [0, 0.05) is 30.5 Å². The number of carbonyl (C=O) groups excluding carboxylic acids is 3. The van der Waals surface area contributed by atoms with E-state index < -0.39 is 60.8 Å².